The third kappa shape index (κ3) is 3.95. The maximum atomic E-state index is 6.22. The van der Waals surface area contributed by atoms with Gasteiger partial charge in [-0.05, 0) is 31.2 Å². The fourth-order valence-electron chi connectivity index (χ4n) is 2.58. The third-order valence-electron chi connectivity index (χ3n) is 3.69. The average Bonchev–Trinajstić information content (AvgIpc) is 2.43. The number of hydrogen-bond donors (Lipinski definition) is 1. The molecular weight excluding hydrogens is 321 g/mol. The molecule has 1 saturated carbocycles. The van der Waals surface area contributed by atoms with Gasteiger partial charge in [-0.15, -0.1) is 0 Å². The number of benzene rings is 1. The molecule has 2 unspecified atom stereocenters. The SMILES string of the molecule is CSC1CCCCC1NCc1c(Cl)ccc(Cl)c1Cl. The normalized spacial score (nSPS) is 23.6. The Bertz CT molecular complexity index is 439. The van der Waals surface area contributed by atoms with Crippen molar-refractivity contribution in [3.63, 3.8) is 0 Å². The molecule has 0 heterocycles. The van der Waals surface area contributed by atoms with Crippen LogP contribution in [0.4, 0.5) is 0 Å². The van der Waals surface area contributed by atoms with Crippen LogP contribution in [-0.2, 0) is 6.54 Å². The Morgan fingerprint density at radius 3 is 2.58 bits per heavy atom. The molecule has 1 aliphatic carbocycles. The first kappa shape index (κ1) is 15.8. The highest BCUT2D eigenvalue weighted by Crippen LogP contribution is 2.32. The molecule has 1 aliphatic rings. The van der Waals surface area contributed by atoms with Crippen LogP contribution >= 0.6 is 46.6 Å². The van der Waals surface area contributed by atoms with Gasteiger partial charge in [0, 0.05) is 28.4 Å². The summed E-state index contributed by atoms with van der Waals surface area (Å²) in [5.41, 5.74) is 0.904. The van der Waals surface area contributed by atoms with Crippen molar-refractivity contribution < 1.29 is 0 Å². The minimum absolute atomic E-state index is 0.537. The van der Waals surface area contributed by atoms with Crippen LogP contribution in [0.3, 0.4) is 0 Å². The zero-order valence-corrected chi connectivity index (χ0v) is 14.0. The molecule has 2 atom stereocenters. The molecule has 5 heteroatoms. The van der Waals surface area contributed by atoms with Gasteiger partial charge in [-0.3, -0.25) is 0 Å². The van der Waals surface area contributed by atoms with E-state index in [-0.39, 0.29) is 0 Å². The molecule has 0 bridgehead atoms. The largest absolute Gasteiger partial charge is 0.309 e. The van der Waals surface area contributed by atoms with E-state index < -0.39 is 0 Å². The zero-order valence-electron chi connectivity index (χ0n) is 10.9. The van der Waals surface area contributed by atoms with Gasteiger partial charge in [0.2, 0.25) is 0 Å². The van der Waals surface area contributed by atoms with Gasteiger partial charge in [-0.1, -0.05) is 47.6 Å². The first-order valence-corrected chi connectivity index (χ1v) is 8.94. The second kappa shape index (κ2) is 7.42. The summed E-state index contributed by atoms with van der Waals surface area (Å²) in [6, 6.07) is 4.08. The first-order valence-electron chi connectivity index (χ1n) is 6.52. The highest BCUT2D eigenvalue weighted by Gasteiger charge is 2.24. The van der Waals surface area contributed by atoms with Gasteiger partial charge >= 0.3 is 0 Å². The van der Waals surface area contributed by atoms with Gasteiger partial charge in [-0.2, -0.15) is 11.8 Å². The van der Waals surface area contributed by atoms with Crippen molar-refractivity contribution in [3.8, 4) is 0 Å². The summed E-state index contributed by atoms with van der Waals surface area (Å²) >= 11 is 20.4. The highest BCUT2D eigenvalue weighted by molar-refractivity contribution is 7.99. The van der Waals surface area contributed by atoms with Gasteiger partial charge < -0.3 is 5.32 Å². The standard InChI is InChI=1S/C14H18Cl3NS/c1-19-13-5-3-2-4-12(13)18-8-9-10(15)6-7-11(16)14(9)17/h6-7,12-13,18H,2-5,8H2,1H3. The zero-order chi connectivity index (χ0) is 13.8. The van der Waals surface area contributed by atoms with Crippen molar-refractivity contribution in [2.75, 3.05) is 6.26 Å². The Balaban J connectivity index is 2.04. The van der Waals surface area contributed by atoms with E-state index in [1.54, 1.807) is 12.1 Å². The van der Waals surface area contributed by atoms with Gasteiger partial charge in [0.05, 0.1) is 10.0 Å². The van der Waals surface area contributed by atoms with Crippen LogP contribution < -0.4 is 5.32 Å². The lowest BCUT2D eigenvalue weighted by Crippen LogP contribution is -2.40. The van der Waals surface area contributed by atoms with Crippen LogP contribution in [0.2, 0.25) is 15.1 Å². The molecule has 1 aromatic rings. The predicted molar refractivity (Wildman–Crippen MR) is 87.9 cm³/mol. The maximum absolute atomic E-state index is 6.22. The molecule has 0 spiro atoms. The summed E-state index contributed by atoms with van der Waals surface area (Å²) in [7, 11) is 0. The molecule has 0 amide bonds. The van der Waals surface area contributed by atoms with Crippen molar-refractivity contribution in [2.45, 2.75) is 43.5 Å². The summed E-state index contributed by atoms with van der Waals surface area (Å²) in [4.78, 5) is 0. The van der Waals surface area contributed by atoms with Crippen molar-refractivity contribution in [3.05, 3.63) is 32.8 Å². The van der Waals surface area contributed by atoms with Gasteiger partial charge in [0.1, 0.15) is 0 Å². The Morgan fingerprint density at radius 1 is 1.16 bits per heavy atom. The number of thioether (sulfide) groups is 1. The lowest BCUT2D eigenvalue weighted by molar-refractivity contribution is 0.383. The Morgan fingerprint density at radius 2 is 1.84 bits per heavy atom. The van der Waals surface area contributed by atoms with Crippen molar-refractivity contribution in [1.82, 2.24) is 5.32 Å². The van der Waals surface area contributed by atoms with Crippen LogP contribution in [0.25, 0.3) is 0 Å². The van der Waals surface area contributed by atoms with Gasteiger partial charge in [-0.25, -0.2) is 0 Å². The minimum atomic E-state index is 0.537. The van der Waals surface area contributed by atoms with E-state index in [1.807, 2.05) is 11.8 Å². The number of nitrogens with one attached hydrogen (secondary N) is 1. The summed E-state index contributed by atoms with van der Waals surface area (Å²) in [5, 5.41) is 6.09. The monoisotopic (exact) mass is 337 g/mol. The van der Waals surface area contributed by atoms with E-state index in [2.05, 4.69) is 11.6 Å². The second-order valence-electron chi connectivity index (χ2n) is 4.87. The molecule has 106 valence electrons. The van der Waals surface area contributed by atoms with Crippen LogP contribution in [0, 0.1) is 0 Å². The quantitative estimate of drug-likeness (QED) is 0.737. The maximum Gasteiger partial charge on any atom is 0.0652 e. The number of hydrogen-bond acceptors (Lipinski definition) is 2. The molecule has 1 fully saturated rings. The number of halogens is 3. The summed E-state index contributed by atoms with van der Waals surface area (Å²) < 4.78 is 0. The van der Waals surface area contributed by atoms with Crippen molar-refractivity contribution >= 4 is 46.6 Å². The van der Waals surface area contributed by atoms with Crippen LogP contribution in [-0.4, -0.2) is 17.5 Å². The van der Waals surface area contributed by atoms with E-state index in [9.17, 15) is 0 Å². The van der Waals surface area contributed by atoms with E-state index in [1.165, 1.54) is 25.7 Å². The average molecular weight is 339 g/mol. The molecule has 1 nitrogen and oxygen atoms in total. The van der Waals surface area contributed by atoms with E-state index in [4.69, 9.17) is 34.8 Å². The van der Waals surface area contributed by atoms with Crippen molar-refractivity contribution in [2.24, 2.45) is 0 Å². The lowest BCUT2D eigenvalue weighted by Gasteiger charge is -2.31. The Hall–Kier alpha value is 0.400. The summed E-state index contributed by atoms with van der Waals surface area (Å²) in [6.07, 6.45) is 7.33. The molecule has 0 aromatic heterocycles. The Kier molecular flexibility index (Phi) is 6.16. The van der Waals surface area contributed by atoms with E-state index >= 15 is 0 Å². The predicted octanol–water partition coefficient (Wildman–Crippen LogP) is 5.41. The first-order chi connectivity index (χ1) is 9.13. The molecule has 1 aromatic carbocycles. The Labute approximate surface area is 134 Å². The molecule has 0 saturated heterocycles. The molecule has 0 aliphatic heterocycles. The molecule has 1 N–H and O–H groups in total. The fourth-order valence-corrected chi connectivity index (χ4v) is 4.22. The van der Waals surface area contributed by atoms with Gasteiger partial charge in [0.15, 0.2) is 0 Å². The van der Waals surface area contributed by atoms with Crippen molar-refractivity contribution in [1.29, 1.82) is 0 Å². The summed E-state index contributed by atoms with van der Waals surface area (Å²) in [5.74, 6) is 0. The third-order valence-corrected chi connectivity index (χ3v) is 6.05. The van der Waals surface area contributed by atoms with Crippen LogP contribution in [0.15, 0.2) is 12.1 Å². The summed E-state index contributed by atoms with van der Waals surface area (Å²) in [6.45, 7) is 0.681. The topological polar surface area (TPSA) is 12.0 Å². The highest BCUT2D eigenvalue weighted by atomic mass is 35.5. The second-order valence-corrected chi connectivity index (χ2v) is 7.14. The van der Waals surface area contributed by atoms with Crippen LogP contribution in [0.5, 0.6) is 0 Å². The molecule has 0 radical (unpaired) electrons. The van der Waals surface area contributed by atoms with E-state index in [0.29, 0.717) is 32.9 Å². The van der Waals surface area contributed by atoms with Crippen LogP contribution in [0.1, 0.15) is 31.2 Å². The molecule has 2 rings (SSSR count). The minimum Gasteiger partial charge on any atom is -0.309 e. The molecular formula is C14H18Cl3NS. The smallest absolute Gasteiger partial charge is 0.0652 e. The van der Waals surface area contributed by atoms with E-state index in [0.717, 1.165) is 5.56 Å². The fraction of sp³-hybridized carbons (Fsp3) is 0.571. The van der Waals surface area contributed by atoms with Gasteiger partial charge in [0.25, 0.3) is 0 Å². The number of rotatable bonds is 4. The molecule has 19 heavy (non-hydrogen) atoms. The lowest BCUT2D eigenvalue weighted by atomic mass is 9.94.